The van der Waals surface area contributed by atoms with Crippen LogP contribution in [0.2, 0.25) is 0 Å². The molecule has 0 amide bonds. The first-order valence-corrected chi connectivity index (χ1v) is 8.25. The van der Waals surface area contributed by atoms with Gasteiger partial charge >= 0.3 is 0 Å². The van der Waals surface area contributed by atoms with Gasteiger partial charge in [-0.1, -0.05) is 13.7 Å². The van der Waals surface area contributed by atoms with Crippen LogP contribution >= 0.6 is 8.20 Å². The van der Waals surface area contributed by atoms with Crippen molar-refractivity contribution in [2.24, 2.45) is 0 Å². The maximum absolute atomic E-state index is 12.9. The normalized spacial score (nSPS) is 11.0. The number of rotatable bonds is 7. The molecule has 0 aliphatic carbocycles. The first-order chi connectivity index (χ1) is 12.1. The van der Waals surface area contributed by atoms with E-state index in [4.69, 9.17) is 23.7 Å². The maximum atomic E-state index is 12.9. The molecule has 7 heteroatoms. The Balaban J connectivity index is 2.57. The minimum Gasteiger partial charge on any atom is -0.823 e. The van der Waals surface area contributed by atoms with Gasteiger partial charge in [-0.25, -0.2) is 0 Å². The molecule has 0 N–H and O–H groups in total. The zero-order valence-electron chi connectivity index (χ0n) is 14.8. The van der Waals surface area contributed by atoms with Gasteiger partial charge in [-0.05, 0) is 12.1 Å². The molecular weight excluding hydrogens is 343 g/mol. The summed E-state index contributed by atoms with van der Waals surface area (Å²) in [6, 6.07) is 8.60. The number of ether oxygens (including phenoxy) is 5. The molecule has 0 atom stereocenters. The van der Waals surface area contributed by atoms with Crippen LogP contribution in [-0.4, -0.2) is 41.0 Å². The van der Waals surface area contributed by atoms with Crippen molar-refractivity contribution in [1.82, 2.24) is 0 Å². The maximum Gasteiger partial charge on any atom is 0.134 e. The molecule has 0 radical (unpaired) electrons. The molecule has 6 nitrogen and oxygen atoms in total. The van der Waals surface area contributed by atoms with Crippen LogP contribution in [0.1, 0.15) is 5.56 Å². The summed E-state index contributed by atoms with van der Waals surface area (Å²) in [4.78, 5) is 0. The van der Waals surface area contributed by atoms with Gasteiger partial charge in [-0.3, -0.25) is 0 Å². The highest BCUT2D eigenvalue weighted by Gasteiger charge is 2.13. The second-order valence-electron chi connectivity index (χ2n) is 4.86. The highest BCUT2D eigenvalue weighted by molar-refractivity contribution is 7.49. The predicted molar refractivity (Wildman–Crippen MR) is 96.3 cm³/mol. The predicted octanol–water partition coefficient (Wildman–Crippen LogP) is 1.84. The van der Waals surface area contributed by atoms with E-state index in [2.05, 4.69) is 0 Å². The summed E-state index contributed by atoms with van der Waals surface area (Å²) in [5.74, 6) is 2.55. The lowest BCUT2D eigenvalue weighted by Gasteiger charge is -2.20. The lowest BCUT2D eigenvalue weighted by Crippen LogP contribution is -2.20. The van der Waals surface area contributed by atoms with Crippen molar-refractivity contribution in [3.05, 3.63) is 35.9 Å². The Morgan fingerprint density at radius 2 is 1.24 bits per heavy atom. The minimum absolute atomic E-state index is 0.181. The molecule has 0 aromatic heterocycles. The lowest BCUT2D eigenvalue weighted by molar-refractivity contribution is -0.207. The topological polar surface area (TPSA) is 69.2 Å². The van der Waals surface area contributed by atoms with E-state index in [1.807, 2.05) is 0 Å². The molecule has 0 heterocycles. The van der Waals surface area contributed by atoms with Crippen LogP contribution in [0.5, 0.6) is 28.7 Å². The van der Waals surface area contributed by atoms with Crippen molar-refractivity contribution < 1.29 is 28.8 Å². The van der Waals surface area contributed by atoms with Gasteiger partial charge in [0.2, 0.25) is 0 Å². The van der Waals surface area contributed by atoms with E-state index in [1.165, 1.54) is 21.3 Å². The van der Waals surface area contributed by atoms with Crippen LogP contribution in [0.3, 0.4) is 0 Å². The standard InChI is InChI=1S/C18H21O6P/c1-20-11-6-7-16(13(8-11)22-3)25-18(19)17-14(23-4)9-12(21-2)10-15(17)24-5/h6-10,19H,1-5H3/p-1. The van der Waals surface area contributed by atoms with E-state index in [1.54, 1.807) is 44.6 Å². The van der Waals surface area contributed by atoms with Crippen molar-refractivity contribution in [2.45, 2.75) is 0 Å². The fraction of sp³-hybridized carbons (Fsp3) is 0.278. The Labute approximate surface area is 148 Å². The van der Waals surface area contributed by atoms with Crippen LogP contribution in [0, 0.1) is 0 Å². The number of hydrogen-bond acceptors (Lipinski definition) is 6. The van der Waals surface area contributed by atoms with Gasteiger partial charge in [0.15, 0.2) is 0 Å². The molecule has 2 aromatic carbocycles. The van der Waals surface area contributed by atoms with Crippen molar-refractivity contribution >= 4 is 19.0 Å². The number of hydrogen-bond donors (Lipinski definition) is 0. The average Bonchev–Trinajstić information content (AvgIpc) is 2.66. The molecule has 0 saturated heterocycles. The monoisotopic (exact) mass is 363 g/mol. The summed E-state index contributed by atoms with van der Waals surface area (Å²) in [6.45, 7) is 0. The zero-order valence-corrected chi connectivity index (χ0v) is 15.7. The van der Waals surface area contributed by atoms with Crippen LogP contribution in [0.15, 0.2) is 30.3 Å². The SMILES string of the molecule is COc1ccc(P=C([O-])c2c(OC)cc(OC)cc2OC)c(OC)c1. The third-order valence-corrected chi connectivity index (χ3v) is 4.57. The van der Waals surface area contributed by atoms with Crippen molar-refractivity contribution in [1.29, 1.82) is 0 Å². The molecule has 2 rings (SSSR count). The molecule has 134 valence electrons. The fourth-order valence-corrected chi connectivity index (χ4v) is 3.23. The number of methoxy groups -OCH3 is 5. The fourth-order valence-electron chi connectivity index (χ4n) is 2.26. The Kier molecular flexibility index (Phi) is 6.51. The van der Waals surface area contributed by atoms with E-state index in [0.29, 0.717) is 47.8 Å². The summed E-state index contributed by atoms with van der Waals surface area (Å²) >= 11 is 0. The van der Waals surface area contributed by atoms with Gasteiger partial charge < -0.3 is 28.8 Å². The quantitative estimate of drug-likeness (QED) is 0.700. The highest BCUT2D eigenvalue weighted by atomic mass is 31.1. The third-order valence-electron chi connectivity index (χ3n) is 3.54. The Bertz CT molecular complexity index is 747. The second-order valence-corrected chi connectivity index (χ2v) is 5.97. The second kappa shape index (κ2) is 8.60. The van der Waals surface area contributed by atoms with Gasteiger partial charge in [0.05, 0.1) is 41.1 Å². The first-order valence-electron chi connectivity index (χ1n) is 7.36. The van der Waals surface area contributed by atoms with Gasteiger partial charge in [0.25, 0.3) is 0 Å². The van der Waals surface area contributed by atoms with Gasteiger partial charge in [-0.2, -0.15) is 0 Å². The summed E-state index contributed by atoms with van der Waals surface area (Å²) in [7, 11) is 8.08. The molecular formula is C18H20O6P-. The highest BCUT2D eigenvalue weighted by Crippen LogP contribution is 2.35. The lowest BCUT2D eigenvalue weighted by atomic mass is 10.1. The van der Waals surface area contributed by atoms with E-state index < -0.39 is 0 Å². The smallest absolute Gasteiger partial charge is 0.134 e. The van der Waals surface area contributed by atoms with E-state index >= 15 is 0 Å². The van der Waals surface area contributed by atoms with Gasteiger partial charge in [0, 0.05) is 23.5 Å². The number of benzene rings is 2. The summed E-state index contributed by atoms with van der Waals surface area (Å²) < 4.78 is 26.4. The van der Waals surface area contributed by atoms with Crippen molar-refractivity contribution in [3.8, 4) is 28.7 Å². The summed E-state index contributed by atoms with van der Waals surface area (Å²) in [5, 5.41) is 13.6. The molecule has 0 bridgehead atoms. The van der Waals surface area contributed by atoms with Gasteiger partial charge in [-0.15, -0.1) is 0 Å². The molecule has 25 heavy (non-hydrogen) atoms. The third kappa shape index (κ3) is 4.16. The Morgan fingerprint density at radius 3 is 1.72 bits per heavy atom. The van der Waals surface area contributed by atoms with Crippen LogP contribution in [0.4, 0.5) is 0 Å². The summed E-state index contributed by atoms with van der Waals surface area (Å²) in [5.41, 5.74) is 0.171. The Hall–Kier alpha value is -2.43. The largest absolute Gasteiger partial charge is 0.823 e. The minimum atomic E-state index is -0.181. The zero-order chi connectivity index (χ0) is 18.4. The molecule has 0 unspecified atom stereocenters. The van der Waals surface area contributed by atoms with Crippen molar-refractivity contribution in [2.75, 3.05) is 35.5 Å². The van der Waals surface area contributed by atoms with Crippen molar-refractivity contribution in [3.63, 3.8) is 0 Å². The van der Waals surface area contributed by atoms with E-state index in [9.17, 15) is 5.11 Å². The van der Waals surface area contributed by atoms with Crippen LogP contribution in [-0.2, 0) is 0 Å². The molecule has 0 aliphatic heterocycles. The van der Waals surface area contributed by atoms with Gasteiger partial charge in [0.1, 0.15) is 28.7 Å². The van der Waals surface area contributed by atoms with E-state index in [-0.39, 0.29) is 5.48 Å². The molecule has 0 aliphatic rings. The van der Waals surface area contributed by atoms with Crippen LogP contribution in [0.25, 0.3) is 0 Å². The van der Waals surface area contributed by atoms with E-state index in [0.717, 1.165) is 0 Å². The molecule has 0 spiro atoms. The van der Waals surface area contributed by atoms with Crippen LogP contribution < -0.4 is 34.1 Å². The summed E-state index contributed by atoms with van der Waals surface area (Å²) in [6.07, 6.45) is 0. The molecule has 0 saturated carbocycles. The Morgan fingerprint density at radius 1 is 0.720 bits per heavy atom. The molecule has 2 aromatic rings. The first kappa shape index (κ1) is 18.9. The average molecular weight is 363 g/mol. The molecule has 0 fully saturated rings.